The van der Waals surface area contributed by atoms with Crippen LogP contribution in [0.4, 0.5) is 0 Å². The van der Waals surface area contributed by atoms with E-state index in [1.165, 1.54) is 0 Å². The van der Waals surface area contributed by atoms with Crippen LogP contribution in [0.15, 0.2) is 84.9 Å². The Balaban J connectivity index is 1.96. The number of benzene rings is 3. The summed E-state index contributed by atoms with van der Waals surface area (Å²) in [5, 5.41) is 3.11. The molecule has 0 heterocycles. The van der Waals surface area contributed by atoms with Crippen LogP contribution in [0.5, 0.6) is 0 Å². The predicted molar refractivity (Wildman–Crippen MR) is 134 cm³/mol. The molecular weight excluding hydrogens is 408 g/mol. The summed E-state index contributed by atoms with van der Waals surface area (Å²) in [4.78, 5) is 28.9. The molecule has 0 radical (unpaired) electrons. The zero-order valence-electron chi connectivity index (χ0n) is 19.8. The molecule has 3 aromatic carbocycles. The second-order valence-electron chi connectivity index (χ2n) is 8.63. The van der Waals surface area contributed by atoms with Crippen molar-refractivity contribution in [3.63, 3.8) is 0 Å². The van der Waals surface area contributed by atoms with E-state index >= 15 is 0 Å². The van der Waals surface area contributed by atoms with E-state index in [1.807, 2.05) is 106 Å². The number of nitrogens with one attached hydrogen (secondary N) is 1. The SMILES string of the molecule is CC[C@@H](C)NC(=O)[C@@H](Cc1ccccc1)N(Cc1ccccc1)C(=O)Cc1ccccc1C. The Bertz CT molecular complexity index is 1030. The molecule has 0 aliphatic rings. The van der Waals surface area contributed by atoms with Crippen LogP contribution < -0.4 is 5.32 Å². The highest BCUT2D eigenvalue weighted by molar-refractivity contribution is 5.89. The van der Waals surface area contributed by atoms with Crippen molar-refractivity contribution < 1.29 is 9.59 Å². The lowest BCUT2D eigenvalue weighted by Crippen LogP contribution is -2.52. The summed E-state index contributed by atoms with van der Waals surface area (Å²) in [6, 6.07) is 27.2. The number of nitrogens with zero attached hydrogens (tertiary/aromatic N) is 1. The van der Waals surface area contributed by atoms with Gasteiger partial charge in [0.05, 0.1) is 6.42 Å². The van der Waals surface area contributed by atoms with Gasteiger partial charge in [-0.3, -0.25) is 9.59 Å². The Morgan fingerprint density at radius 3 is 2.03 bits per heavy atom. The first-order valence-corrected chi connectivity index (χ1v) is 11.7. The Hall–Kier alpha value is -3.40. The molecule has 0 saturated heterocycles. The Labute approximate surface area is 197 Å². The first-order chi connectivity index (χ1) is 16.0. The summed E-state index contributed by atoms with van der Waals surface area (Å²) in [7, 11) is 0. The van der Waals surface area contributed by atoms with Crippen LogP contribution >= 0.6 is 0 Å². The van der Waals surface area contributed by atoms with Crippen molar-refractivity contribution >= 4 is 11.8 Å². The number of carbonyl (C=O) groups excluding carboxylic acids is 2. The number of hydrogen-bond donors (Lipinski definition) is 1. The number of hydrogen-bond acceptors (Lipinski definition) is 2. The normalized spacial score (nSPS) is 12.6. The second kappa shape index (κ2) is 12.0. The van der Waals surface area contributed by atoms with Gasteiger partial charge < -0.3 is 10.2 Å². The molecule has 0 aliphatic carbocycles. The molecule has 4 heteroatoms. The molecular formula is C29H34N2O2. The number of carbonyl (C=O) groups is 2. The molecule has 0 unspecified atom stereocenters. The standard InChI is InChI=1S/C29H34N2O2/c1-4-23(3)30-29(33)27(19-24-14-7-5-8-15-24)31(21-25-16-9-6-10-17-25)28(32)20-26-18-12-11-13-22(26)2/h5-18,23,27H,4,19-21H2,1-3H3,(H,30,33)/t23-,27-/m1/s1. The van der Waals surface area contributed by atoms with Crippen LogP contribution in [0.2, 0.25) is 0 Å². The third-order valence-corrected chi connectivity index (χ3v) is 6.07. The lowest BCUT2D eigenvalue weighted by Gasteiger charge is -2.32. The van der Waals surface area contributed by atoms with Crippen molar-refractivity contribution in [1.29, 1.82) is 0 Å². The molecule has 2 atom stereocenters. The van der Waals surface area contributed by atoms with E-state index in [0.717, 1.165) is 28.7 Å². The fourth-order valence-corrected chi connectivity index (χ4v) is 3.85. The Morgan fingerprint density at radius 2 is 1.42 bits per heavy atom. The summed E-state index contributed by atoms with van der Waals surface area (Å²) in [6.07, 6.45) is 1.57. The van der Waals surface area contributed by atoms with Gasteiger partial charge in [0.1, 0.15) is 6.04 Å². The van der Waals surface area contributed by atoms with Crippen LogP contribution in [0.3, 0.4) is 0 Å². The molecule has 172 valence electrons. The number of aryl methyl sites for hydroxylation is 1. The highest BCUT2D eigenvalue weighted by atomic mass is 16.2. The van der Waals surface area contributed by atoms with Crippen molar-refractivity contribution in [2.45, 2.75) is 58.7 Å². The molecule has 0 fully saturated rings. The monoisotopic (exact) mass is 442 g/mol. The van der Waals surface area contributed by atoms with Gasteiger partial charge in [0.25, 0.3) is 0 Å². The first kappa shape index (κ1) is 24.2. The lowest BCUT2D eigenvalue weighted by molar-refractivity contribution is -0.141. The molecule has 0 spiro atoms. The molecule has 1 N–H and O–H groups in total. The summed E-state index contributed by atoms with van der Waals surface area (Å²) >= 11 is 0. The van der Waals surface area contributed by atoms with E-state index < -0.39 is 6.04 Å². The topological polar surface area (TPSA) is 49.4 Å². The van der Waals surface area contributed by atoms with Gasteiger partial charge in [-0.05, 0) is 42.5 Å². The summed E-state index contributed by atoms with van der Waals surface area (Å²) < 4.78 is 0. The van der Waals surface area contributed by atoms with Crippen molar-refractivity contribution in [3.05, 3.63) is 107 Å². The zero-order valence-corrected chi connectivity index (χ0v) is 19.8. The molecule has 4 nitrogen and oxygen atoms in total. The molecule has 3 aromatic rings. The summed E-state index contributed by atoms with van der Waals surface area (Å²) in [5.41, 5.74) is 4.10. The number of rotatable bonds is 10. The Morgan fingerprint density at radius 1 is 0.848 bits per heavy atom. The molecule has 0 aliphatic heterocycles. The average molecular weight is 443 g/mol. The minimum Gasteiger partial charge on any atom is -0.352 e. The van der Waals surface area contributed by atoms with Crippen LogP contribution in [-0.2, 0) is 29.0 Å². The summed E-state index contributed by atoms with van der Waals surface area (Å²) in [5.74, 6) is -0.157. The maximum absolute atomic E-state index is 13.7. The highest BCUT2D eigenvalue weighted by Gasteiger charge is 2.31. The Kier molecular flexibility index (Phi) is 8.82. The van der Waals surface area contributed by atoms with Crippen molar-refractivity contribution in [1.82, 2.24) is 10.2 Å². The minimum absolute atomic E-state index is 0.0424. The van der Waals surface area contributed by atoms with Crippen LogP contribution in [0, 0.1) is 6.92 Å². The third-order valence-electron chi connectivity index (χ3n) is 6.07. The van der Waals surface area contributed by atoms with Crippen molar-refractivity contribution in [2.24, 2.45) is 0 Å². The maximum atomic E-state index is 13.7. The molecule has 33 heavy (non-hydrogen) atoms. The highest BCUT2D eigenvalue weighted by Crippen LogP contribution is 2.18. The largest absolute Gasteiger partial charge is 0.352 e. The van der Waals surface area contributed by atoms with Gasteiger partial charge >= 0.3 is 0 Å². The van der Waals surface area contributed by atoms with E-state index in [4.69, 9.17) is 0 Å². The third kappa shape index (κ3) is 7.04. The maximum Gasteiger partial charge on any atom is 0.243 e. The molecule has 0 bridgehead atoms. The van der Waals surface area contributed by atoms with Crippen molar-refractivity contribution in [3.8, 4) is 0 Å². The molecule has 3 rings (SSSR count). The predicted octanol–water partition coefficient (Wildman–Crippen LogP) is 5.09. The molecule has 0 aromatic heterocycles. The van der Waals surface area contributed by atoms with Gasteiger partial charge in [-0.2, -0.15) is 0 Å². The average Bonchev–Trinajstić information content (AvgIpc) is 2.83. The molecule has 2 amide bonds. The van der Waals surface area contributed by atoms with Gasteiger partial charge in [-0.1, -0.05) is 91.9 Å². The van der Waals surface area contributed by atoms with Crippen LogP contribution in [-0.4, -0.2) is 28.8 Å². The van der Waals surface area contributed by atoms with E-state index in [9.17, 15) is 9.59 Å². The fourth-order valence-electron chi connectivity index (χ4n) is 3.85. The minimum atomic E-state index is -0.599. The zero-order chi connectivity index (χ0) is 23.6. The smallest absolute Gasteiger partial charge is 0.243 e. The molecule has 0 saturated carbocycles. The van der Waals surface area contributed by atoms with Crippen LogP contribution in [0.1, 0.15) is 42.5 Å². The van der Waals surface area contributed by atoms with E-state index in [1.54, 1.807) is 4.90 Å². The van der Waals surface area contributed by atoms with Gasteiger partial charge in [-0.25, -0.2) is 0 Å². The van der Waals surface area contributed by atoms with Crippen molar-refractivity contribution in [2.75, 3.05) is 0 Å². The van der Waals surface area contributed by atoms with E-state index in [-0.39, 0.29) is 24.3 Å². The first-order valence-electron chi connectivity index (χ1n) is 11.7. The van der Waals surface area contributed by atoms with E-state index in [0.29, 0.717) is 13.0 Å². The van der Waals surface area contributed by atoms with Gasteiger partial charge in [0.15, 0.2) is 0 Å². The van der Waals surface area contributed by atoms with Gasteiger partial charge in [-0.15, -0.1) is 0 Å². The van der Waals surface area contributed by atoms with E-state index in [2.05, 4.69) is 5.32 Å². The lowest BCUT2D eigenvalue weighted by atomic mass is 10.00. The summed E-state index contributed by atoms with van der Waals surface area (Å²) in [6.45, 7) is 6.44. The quantitative estimate of drug-likeness (QED) is 0.475. The number of amides is 2. The van der Waals surface area contributed by atoms with Crippen LogP contribution in [0.25, 0.3) is 0 Å². The van der Waals surface area contributed by atoms with Gasteiger partial charge in [0.2, 0.25) is 11.8 Å². The van der Waals surface area contributed by atoms with Gasteiger partial charge in [0, 0.05) is 19.0 Å². The second-order valence-corrected chi connectivity index (χ2v) is 8.63. The fraction of sp³-hybridized carbons (Fsp3) is 0.310.